The molecular weight excluding hydrogens is 396 g/mol. The third kappa shape index (κ3) is 4.16. The van der Waals surface area contributed by atoms with Gasteiger partial charge in [-0.15, -0.1) is 0 Å². The van der Waals surface area contributed by atoms with Crippen molar-refractivity contribution < 1.29 is 22.0 Å². The quantitative estimate of drug-likeness (QED) is 0.611. The van der Waals surface area contributed by atoms with Crippen LogP contribution in [-0.4, -0.2) is 30.7 Å². The van der Waals surface area contributed by atoms with Crippen LogP contribution in [-0.2, 0) is 23.6 Å². The summed E-state index contributed by atoms with van der Waals surface area (Å²) >= 11 is 17.3. The summed E-state index contributed by atoms with van der Waals surface area (Å²) in [6.45, 7) is 1.63. The van der Waals surface area contributed by atoms with Crippen LogP contribution in [0.15, 0.2) is 35.2 Å². The molecule has 1 aliphatic rings. The Morgan fingerprint density at radius 3 is 2.36 bits per heavy atom. The van der Waals surface area contributed by atoms with Gasteiger partial charge < -0.3 is 9.05 Å². The minimum absolute atomic E-state index is 0.0155. The molecule has 11 heteroatoms. The van der Waals surface area contributed by atoms with Crippen molar-refractivity contribution in [2.24, 2.45) is 0 Å². The van der Waals surface area contributed by atoms with E-state index in [1.54, 1.807) is 13.0 Å². The second-order valence-electron chi connectivity index (χ2n) is 4.63. The molecule has 1 N–H and O–H groups in total. The van der Waals surface area contributed by atoms with Crippen LogP contribution in [0, 0.1) is 0 Å². The van der Waals surface area contributed by atoms with Crippen LogP contribution in [0.2, 0.25) is 0 Å². The molecule has 1 aliphatic heterocycles. The highest BCUT2D eigenvalue weighted by Crippen LogP contribution is 2.62. The van der Waals surface area contributed by atoms with E-state index in [9.17, 15) is 13.0 Å². The molecule has 0 saturated carbocycles. The fourth-order valence-corrected chi connectivity index (χ4v) is 6.94. The van der Waals surface area contributed by atoms with Crippen molar-refractivity contribution in [3.63, 3.8) is 0 Å². The first-order valence-corrected chi connectivity index (χ1v) is 10.3. The molecule has 2 rings (SSSR count). The first-order valence-electron chi connectivity index (χ1n) is 6.11. The lowest BCUT2D eigenvalue weighted by Crippen LogP contribution is -2.43. The van der Waals surface area contributed by atoms with Gasteiger partial charge in [0, 0.05) is 0 Å². The van der Waals surface area contributed by atoms with E-state index < -0.39 is 33.3 Å². The Bertz CT molecular complexity index is 679. The van der Waals surface area contributed by atoms with Crippen LogP contribution < -0.4 is 4.72 Å². The third-order valence-corrected chi connectivity index (χ3v) is 7.80. The molecule has 6 nitrogen and oxygen atoms in total. The number of hydrogen-bond acceptors (Lipinski definition) is 5. The summed E-state index contributed by atoms with van der Waals surface area (Å²) in [6.07, 6.45) is -0.498. The molecule has 22 heavy (non-hydrogen) atoms. The zero-order valence-corrected chi connectivity index (χ0v) is 15.3. The van der Waals surface area contributed by atoms with Crippen molar-refractivity contribution in [2.75, 3.05) is 6.61 Å². The summed E-state index contributed by atoms with van der Waals surface area (Å²) < 4.78 is 47.5. The van der Waals surface area contributed by atoms with E-state index in [2.05, 4.69) is 4.72 Å². The number of nitrogens with one attached hydrogen (secondary N) is 1. The monoisotopic (exact) mass is 407 g/mol. The van der Waals surface area contributed by atoms with Crippen LogP contribution in [0.25, 0.3) is 0 Å². The highest BCUT2D eigenvalue weighted by atomic mass is 35.6. The Balaban J connectivity index is 2.35. The topological polar surface area (TPSA) is 81.7 Å². The molecule has 1 aromatic carbocycles. The molecule has 0 spiro atoms. The Morgan fingerprint density at radius 1 is 1.32 bits per heavy atom. The minimum atomic E-state index is -4.07. The average molecular weight is 409 g/mol. The van der Waals surface area contributed by atoms with E-state index >= 15 is 0 Å². The molecule has 0 aliphatic carbocycles. The number of rotatable bonds is 4. The van der Waals surface area contributed by atoms with Gasteiger partial charge in [0.25, 0.3) is 0 Å². The van der Waals surface area contributed by atoms with E-state index in [1.807, 2.05) is 0 Å². The SMILES string of the molecule is C[C@H]1CO[P@](=O)([C@@H](NS(=O)(=O)c2ccccc2)C(Cl)(Cl)Cl)O1. The summed E-state index contributed by atoms with van der Waals surface area (Å²) in [7, 11) is -8.03. The van der Waals surface area contributed by atoms with Crippen molar-refractivity contribution in [3.05, 3.63) is 30.3 Å². The summed E-state index contributed by atoms with van der Waals surface area (Å²) in [5.41, 5.74) is 0. The van der Waals surface area contributed by atoms with Crippen molar-refractivity contribution >= 4 is 52.4 Å². The minimum Gasteiger partial charge on any atom is -0.305 e. The number of sulfonamides is 1. The van der Waals surface area contributed by atoms with Crippen LogP contribution in [0.3, 0.4) is 0 Å². The molecule has 124 valence electrons. The second-order valence-corrected chi connectivity index (χ2v) is 10.8. The summed E-state index contributed by atoms with van der Waals surface area (Å²) in [5, 5.41) is 0. The third-order valence-electron chi connectivity index (χ3n) is 2.76. The van der Waals surface area contributed by atoms with Crippen LogP contribution >= 0.6 is 42.4 Å². The Labute approximate surface area is 143 Å². The zero-order chi connectivity index (χ0) is 16.6. The average Bonchev–Trinajstić information content (AvgIpc) is 2.76. The van der Waals surface area contributed by atoms with Crippen molar-refractivity contribution in [2.45, 2.75) is 27.5 Å². The molecule has 0 amide bonds. The van der Waals surface area contributed by atoms with E-state index in [0.717, 1.165) is 0 Å². The first kappa shape index (κ1) is 18.5. The van der Waals surface area contributed by atoms with Gasteiger partial charge in [0.1, 0.15) is 0 Å². The maximum Gasteiger partial charge on any atom is 0.353 e. The smallest absolute Gasteiger partial charge is 0.305 e. The van der Waals surface area contributed by atoms with Gasteiger partial charge in [-0.25, -0.2) is 8.42 Å². The van der Waals surface area contributed by atoms with Gasteiger partial charge in [0.05, 0.1) is 17.6 Å². The Kier molecular flexibility index (Phi) is 5.52. The molecule has 1 fully saturated rings. The maximum atomic E-state index is 12.7. The van der Waals surface area contributed by atoms with Gasteiger partial charge in [-0.05, 0) is 19.1 Å². The maximum absolute atomic E-state index is 12.7. The van der Waals surface area contributed by atoms with Gasteiger partial charge in [-0.2, -0.15) is 4.72 Å². The predicted molar refractivity (Wildman–Crippen MR) is 84.9 cm³/mol. The first-order chi connectivity index (χ1) is 10.0. The molecule has 0 radical (unpaired) electrons. The molecule has 1 aromatic rings. The van der Waals surface area contributed by atoms with Gasteiger partial charge >= 0.3 is 7.60 Å². The van der Waals surface area contributed by atoms with Gasteiger partial charge in [-0.3, -0.25) is 4.57 Å². The summed E-state index contributed by atoms with van der Waals surface area (Å²) in [6, 6.07) is 7.43. The number of alkyl halides is 3. The lowest BCUT2D eigenvalue weighted by atomic mass is 10.4. The summed E-state index contributed by atoms with van der Waals surface area (Å²) in [4.78, 5) is -0.0619. The predicted octanol–water partition coefficient (Wildman–Crippen LogP) is 3.29. The van der Waals surface area contributed by atoms with Crippen LogP contribution in [0.4, 0.5) is 0 Å². The fourth-order valence-electron chi connectivity index (χ4n) is 1.78. The standard InChI is InChI=1S/C11H13Cl3NO5PS/c1-8-7-19-21(16,20-8)10(11(12,13)14)15-22(17,18)9-5-3-2-4-6-9/h2-6,8,10,15H,7H2,1H3/t8-,10+,21+/m0/s1. The number of halogens is 3. The number of hydrogen-bond donors (Lipinski definition) is 1. The van der Waals surface area contributed by atoms with E-state index in [0.29, 0.717) is 0 Å². The Morgan fingerprint density at radius 2 is 1.91 bits per heavy atom. The molecule has 1 saturated heterocycles. The molecule has 0 bridgehead atoms. The highest BCUT2D eigenvalue weighted by Gasteiger charge is 2.54. The molecule has 0 aromatic heterocycles. The lowest BCUT2D eigenvalue weighted by Gasteiger charge is -2.28. The largest absolute Gasteiger partial charge is 0.353 e. The molecular formula is C11H13Cl3NO5PS. The van der Waals surface area contributed by atoms with E-state index in [1.165, 1.54) is 24.3 Å². The van der Waals surface area contributed by atoms with Crippen molar-refractivity contribution in [1.29, 1.82) is 0 Å². The van der Waals surface area contributed by atoms with Crippen molar-refractivity contribution in [1.82, 2.24) is 4.72 Å². The van der Waals surface area contributed by atoms with Gasteiger partial charge in [0.15, 0.2) is 5.78 Å². The summed E-state index contributed by atoms with van der Waals surface area (Å²) in [5.74, 6) is -1.67. The fraction of sp³-hybridized carbons (Fsp3) is 0.455. The van der Waals surface area contributed by atoms with Gasteiger partial charge in [-0.1, -0.05) is 53.0 Å². The molecule has 1 heterocycles. The Hall–Kier alpha value is 0.150. The van der Waals surface area contributed by atoms with Gasteiger partial charge in [0.2, 0.25) is 13.8 Å². The molecule has 3 atom stereocenters. The zero-order valence-electron chi connectivity index (χ0n) is 11.3. The number of benzene rings is 1. The van der Waals surface area contributed by atoms with Crippen LogP contribution in [0.5, 0.6) is 0 Å². The van der Waals surface area contributed by atoms with E-state index in [-0.39, 0.29) is 11.5 Å². The van der Waals surface area contributed by atoms with E-state index in [4.69, 9.17) is 43.9 Å². The normalized spacial score (nSPS) is 27.7. The van der Waals surface area contributed by atoms with Crippen LogP contribution in [0.1, 0.15) is 6.92 Å². The lowest BCUT2D eigenvalue weighted by molar-refractivity contribution is 0.254. The molecule has 0 unspecified atom stereocenters. The second kappa shape index (κ2) is 6.57. The van der Waals surface area contributed by atoms with Crippen molar-refractivity contribution in [3.8, 4) is 0 Å². The highest BCUT2D eigenvalue weighted by molar-refractivity contribution is 7.89.